The average Bonchev–Trinajstić information content (AvgIpc) is 2.74. The van der Waals surface area contributed by atoms with Gasteiger partial charge in [0.05, 0.1) is 46.2 Å². The highest BCUT2D eigenvalue weighted by Gasteiger charge is 2.16. The summed E-state index contributed by atoms with van der Waals surface area (Å²) in [6.45, 7) is 4.51. The highest BCUT2D eigenvalue weighted by atomic mass is 32.2. The van der Waals surface area contributed by atoms with Crippen LogP contribution in [0.3, 0.4) is 0 Å². The van der Waals surface area contributed by atoms with Crippen LogP contribution in [-0.2, 0) is 19.5 Å². The zero-order valence-electron chi connectivity index (χ0n) is 22.7. The fraction of sp³-hybridized carbons (Fsp3) is 1.00. The molecule has 0 spiro atoms. The Hall–Kier alpha value is -0.210. The quantitative estimate of drug-likeness (QED) is 0.134. The number of sulfonamides is 1. The molecule has 1 unspecified atom stereocenters. The van der Waals surface area contributed by atoms with Crippen molar-refractivity contribution in [1.29, 1.82) is 0 Å². The standard InChI is InChI=1S/C26H57N2O4S/c1-6-7-8-9-10-11-12-13-14-15-16-17-18-19-22-32-25-26(31-5)24-27-33(29,30)23-20-21-28(2,3)4/h26-27H,6-25H2,1-5H3/q+1. The van der Waals surface area contributed by atoms with Crippen LogP contribution < -0.4 is 4.72 Å². The predicted molar refractivity (Wildman–Crippen MR) is 141 cm³/mol. The summed E-state index contributed by atoms with van der Waals surface area (Å²) < 4.78 is 38.8. The second-order valence-electron chi connectivity index (χ2n) is 10.6. The van der Waals surface area contributed by atoms with Crippen LogP contribution in [0.1, 0.15) is 103 Å². The van der Waals surface area contributed by atoms with Crippen LogP contribution in [0.2, 0.25) is 0 Å². The lowest BCUT2D eigenvalue weighted by Crippen LogP contribution is -2.39. The van der Waals surface area contributed by atoms with Gasteiger partial charge in [0.15, 0.2) is 0 Å². The lowest BCUT2D eigenvalue weighted by atomic mass is 10.0. The zero-order valence-corrected chi connectivity index (χ0v) is 23.5. The summed E-state index contributed by atoms with van der Waals surface area (Å²) in [5.41, 5.74) is 0. The number of ether oxygens (including phenoxy) is 2. The van der Waals surface area contributed by atoms with Crippen LogP contribution in [0, 0.1) is 0 Å². The number of methoxy groups -OCH3 is 1. The van der Waals surface area contributed by atoms with Crippen molar-refractivity contribution < 1.29 is 22.4 Å². The molecule has 0 aliphatic heterocycles. The third-order valence-electron chi connectivity index (χ3n) is 6.05. The fourth-order valence-electron chi connectivity index (χ4n) is 3.84. The molecule has 0 fully saturated rings. The van der Waals surface area contributed by atoms with E-state index in [0.717, 1.165) is 17.4 Å². The first-order valence-corrected chi connectivity index (χ1v) is 15.2. The van der Waals surface area contributed by atoms with Crippen molar-refractivity contribution in [2.45, 2.75) is 109 Å². The van der Waals surface area contributed by atoms with E-state index < -0.39 is 10.0 Å². The molecule has 0 rings (SSSR count). The molecule has 0 amide bonds. The summed E-state index contributed by atoms with van der Waals surface area (Å²) in [5.74, 6) is 0.152. The molecule has 0 aromatic heterocycles. The third-order valence-corrected chi connectivity index (χ3v) is 7.48. The molecular formula is C26H57N2O4S+. The summed E-state index contributed by atoms with van der Waals surface area (Å²) in [6.07, 6.45) is 19.2. The second-order valence-corrected chi connectivity index (χ2v) is 12.5. The fourth-order valence-corrected chi connectivity index (χ4v) is 4.94. The smallest absolute Gasteiger partial charge is 0.211 e. The maximum Gasteiger partial charge on any atom is 0.211 e. The SMILES string of the molecule is CCCCCCCCCCCCCCCCOCC(CNS(=O)(=O)CCC[N+](C)(C)C)OC. The molecule has 0 saturated heterocycles. The van der Waals surface area contributed by atoms with Gasteiger partial charge in [0, 0.05) is 26.7 Å². The first kappa shape index (κ1) is 32.8. The summed E-state index contributed by atoms with van der Waals surface area (Å²) >= 11 is 0. The molecule has 0 aromatic rings. The van der Waals surface area contributed by atoms with Crippen molar-refractivity contribution in [3.63, 3.8) is 0 Å². The Morgan fingerprint density at radius 2 is 1.24 bits per heavy atom. The van der Waals surface area contributed by atoms with Crippen LogP contribution in [0.4, 0.5) is 0 Å². The Labute approximate surface area is 206 Å². The van der Waals surface area contributed by atoms with Gasteiger partial charge in [-0.15, -0.1) is 0 Å². The molecule has 0 bridgehead atoms. The molecule has 0 saturated carbocycles. The molecule has 6 nitrogen and oxygen atoms in total. The topological polar surface area (TPSA) is 64.6 Å². The van der Waals surface area contributed by atoms with Gasteiger partial charge in [0.25, 0.3) is 0 Å². The molecule has 1 N–H and O–H groups in total. The summed E-state index contributed by atoms with van der Waals surface area (Å²) in [5, 5.41) is 0. The van der Waals surface area contributed by atoms with E-state index in [9.17, 15) is 8.42 Å². The van der Waals surface area contributed by atoms with Gasteiger partial charge in [-0.1, -0.05) is 90.4 Å². The van der Waals surface area contributed by atoms with E-state index in [1.54, 1.807) is 7.11 Å². The van der Waals surface area contributed by atoms with Gasteiger partial charge < -0.3 is 14.0 Å². The van der Waals surface area contributed by atoms with Crippen molar-refractivity contribution in [3.8, 4) is 0 Å². The van der Waals surface area contributed by atoms with Gasteiger partial charge >= 0.3 is 0 Å². The van der Waals surface area contributed by atoms with Crippen LogP contribution in [0.25, 0.3) is 0 Å². The monoisotopic (exact) mass is 493 g/mol. The van der Waals surface area contributed by atoms with E-state index in [-0.39, 0.29) is 18.4 Å². The Kier molecular flexibility index (Phi) is 21.0. The van der Waals surface area contributed by atoms with E-state index in [1.807, 2.05) is 0 Å². The number of nitrogens with zero attached hydrogens (tertiary/aromatic N) is 1. The number of hydrogen-bond acceptors (Lipinski definition) is 4. The third kappa shape index (κ3) is 24.7. The number of hydrogen-bond donors (Lipinski definition) is 1. The van der Waals surface area contributed by atoms with Gasteiger partial charge in [-0.2, -0.15) is 0 Å². The van der Waals surface area contributed by atoms with Crippen molar-refractivity contribution >= 4 is 10.0 Å². The molecule has 33 heavy (non-hydrogen) atoms. The van der Waals surface area contributed by atoms with E-state index >= 15 is 0 Å². The second kappa shape index (κ2) is 21.1. The van der Waals surface area contributed by atoms with Crippen LogP contribution in [-0.4, -0.2) is 79.3 Å². The largest absolute Gasteiger partial charge is 0.379 e. The molecule has 1 atom stereocenters. The predicted octanol–water partition coefficient (Wildman–Crippen LogP) is 5.52. The van der Waals surface area contributed by atoms with Gasteiger partial charge in [-0.25, -0.2) is 13.1 Å². The summed E-state index contributed by atoms with van der Waals surface area (Å²) in [6, 6.07) is 0. The van der Waals surface area contributed by atoms with Crippen molar-refractivity contribution in [2.75, 3.05) is 60.3 Å². The van der Waals surface area contributed by atoms with Crippen LogP contribution >= 0.6 is 0 Å². The minimum atomic E-state index is -3.27. The molecule has 0 aliphatic rings. The van der Waals surface area contributed by atoms with Crippen LogP contribution in [0.15, 0.2) is 0 Å². The molecule has 200 valence electrons. The minimum absolute atomic E-state index is 0.152. The van der Waals surface area contributed by atoms with Crippen molar-refractivity contribution in [3.05, 3.63) is 0 Å². The first-order valence-electron chi connectivity index (χ1n) is 13.6. The lowest BCUT2D eigenvalue weighted by Gasteiger charge is -2.23. The highest BCUT2D eigenvalue weighted by Crippen LogP contribution is 2.13. The molecular weight excluding hydrogens is 436 g/mol. The van der Waals surface area contributed by atoms with E-state index in [0.29, 0.717) is 19.6 Å². The van der Waals surface area contributed by atoms with Gasteiger partial charge in [0.1, 0.15) is 0 Å². The van der Waals surface area contributed by atoms with Crippen molar-refractivity contribution in [2.24, 2.45) is 0 Å². The maximum absolute atomic E-state index is 12.1. The Bertz CT molecular complexity index is 521. The zero-order chi connectivity index (χ0) is 24.8. The maximum atomic E-state index is 12.1. The molecule has 0 radical (unpaired) electrons. The van der Waals surface area contributed by atoms with Crippen LogP contribution in [0.5, 0.6) is 0 Å². The van der Waals surface area contributed by atoms with Gasteiger partial charge in [-0.3, -0.25) is 0 Å². The number of rotatable bonds is 25. The summed E-state index contributed by atoms with van der Waals surface area (Å²) in [7, 11) is 4.53. The Morgan fingerprint density at radius 3 is 1.70 bits per heavy atom. The molecule has 0 aromatic carbocycles. The first-order chi connectivity index (χ1) is 15.7. The van der Waals surface area contributed by atoms with E-state index in [2.05, 4.69) is 32.8 Å². The highest BCUT2D eigenvalue weighted by molar-refractivity contribution is 7.89. The Balaban J connectivity index is 3.54. The molecule has 0 aliphatic carbocycles. The van der Waals surface area contributed by atoms with E-state index in [1.165, 1.54) is 83.5 Å². The summed E-state index contributed by atoms with van der Waals surface area (Å²) in [4.78, 5) is 0. The average molecular weight is 494 g/mol. The number of unbranched alkanes of at least 4 members (excludes halogenated alkanes) is 13. The molecule has 0 heterocycles. The van der Waals surface area contributed by atoms with Crippen molar-refractivity contribution in [1.82, 2.24) is 4.72 Å². The number of nitrogens with one attached hydrogen (secondary N) is 1. The van der Waals surface area contributed by atoms with Gasteiger partial charge in [0.2, 0.25) is 10.0 Å². The van der Waals surface area contributed by atoms with Gasteiger partial charge in [-0.05, 0) is 6.42 Å². The van der Waals surface area contributed by atoms with E-state index in [4.69, 9.17) is 9.47 Å². The minimum Gasteiger partial charge on any atom is -0.379 e. The number of quaternary nitrogens is 1. The lowest BCUT2D eigenvalue weighted by molar-refractivity contribution is -0.870. The normalized spacial score (nSPS) is 13.5. The molecule has 7 heteroatoms. The Morgan fingerprint density at radius 1 is 0.758 bits per heavy atom.